The van der Waals surface area contributed by atoms with Crippen LogP contribution in [0.15, 0.2) is 11.6 Å². The van der Waals surface area contributed by atoms with Crippen LogP contribution in [-0.4, -0.2) is 87.0 Å². The number of amides is 1. The summed E-state index contributed by atoms with van der Waals surface area (Å²) in [4.78, 5) is 32.4. The predicted octanol–water partition coefficient (Wildman–Crippen LogP) is 9.23. The fourth-order valence-corrected chi connectivity index (χ4v) is 11.2. The maximum atomic E-state index is 13.1. The van der Waals surface area contributed by atoms with E-state index >= 15 is 0 Å². The Labute approximate surface area is 302 Å². The molecular weight excluding hydrogens is 606 g/mol. The Kier molecular flexibility index (Phi) is 15.1. The van der Waals surface area contributed by atoms with E-state index in [-0.39, 0.29) is 23.4 Å². The van der Waals surface area contributed by atoms with E-state index in [4.69, 9.17) is 4.74 Å². The second-order valence-electron chi connectivity index (χ2n) is 18.5. The maximum absolute atomic E-state index is 13.1. The molecule has 49 heavy (non-hydrogen) atoms. The highest BCUT2D eigenvalue weighted by Crippen LogP contribution is 2.67. The molecule has 0 aromatic heterocycles. The molecule has 0 unspecified atom stereocenters. The predicted molar refractivity (Wildman–Crippen MR) is 204 cm³/mol. The molecule has 8 atom stereocenters. The Hall–Kier alpha value is -1.40. The third kappa shape index (κ3) is 10.6. The van der Waals surface area contributed by atoms with E-state index in [1.807, 2.05) is 4.90 Å². The zero-order chi connectivity index (χ0) is 35.8. The smallest absolute Gasteiger partial charge is 0.306 e. The van der Waals surface area contributed by atoms with Gasteiger partial charge in [0.25, 0.3) is 0 Å². The molecule has 0 aliphatic heterocycles. The highest BCUT2D eigenvalue weighted by atomic mass is 16.5. The van der Waals surface area contributed by atoms with Crippen molar-refractivity contribution in [2.75, 3.05) is 54.4 Å². The number of ether oxygens (including phenoxy) is 1. The number of fused-ring (bicyclic) bond motifs is 5. The van der Waals surface area contributed by atoms with Gasteiger partial charge in [-0.25, -0.2) is 0 Å². The van der Waals surface area contributed by atoms with E-state index in [9.17, 15) is 9.59 Å². The standard InChI is InChI=1S/C43H77N3O3/c1-32(2)15-12-16-33(3)37-21-22-38-36-20-19-34-31-35(23-25-42(34,4)39(36)24-26-43(37,38)5)49-41(48)18-11-10-17-40(47)46(29-13-27-44(6)7)30-14-28-45(8)9/h19,32-33,35-39H,10-18,20-31H2,1-9H3/t33-,35+,36+,37-,38+,39+,42+,43-/m1/s1. The Morgan fingerprint density at radius 3 is 2.12 bits per heavy atom. The summed E-state index contributed by atoms with van der Waals surface area (Å²) in [6.45, 7) is 16.2. The van der Waals surface area contributed by atoms with Crippen LogP contribution in [0, 0.1) is 46.3 Å². The Bertz CT molecular complexity index is 1070. The summed E-state index contributed by atoms with van der Waals surface area (Å²) in [6.07, 6.45) is 21.2. The third-order valence-electron chi connectivity index (χ3n) is 14.0. The van der Waals surface area contributed by atoms with E-state index < -0.39 is 0 Å². The van der Waals surface area contributed by atoms with Crippen molar-refractivity contribution in [1.82, 2.24) is 14.7 Å². The number of carbonyl (C=O) groups is 2. The molecule has 6 nitrogen and oxygen atoms in total. The molecule has 0 saturated heterocycles. The SMILES string of the molecule is CC(C)CCC[C@@H](C)[C@H]1CC[C@H]2[C@@H]3CC=C4C[C@@H](OC(=O)CCCCC(=O)N(CCCN(C)C)CCCN(C)C)CC[C@]4(C)[C@H]3CC[C@]12C. The monoisotopic (exact) mass is 684 g/mol. The van der Waals surface area contributed by atoms with Crippen LogP contribution in [0.25, 0.3) is 0 Å². The molecule has 0 N–H and O–H groups in total. The first-order valence-electron chi connectivity index (χ1n) is 20.7. The summed E-state index contributed by atoms with van der Waals surface area (Å²) in [5.74, 6) is 5.23. The molecule has 3 fully saturated rings. The van der Waals surface area contributed by atoms with Crippen LogP contribution >= 0.6 is 0 Å². The molecule has 0 aromatic carbocycles. The molecule has 4 aliphatic rings. The van der Waals surface area contributed by atoms with Gasteiger partial charge >= 0.3 is 5.97 Å². The van der Waals surface area contributed by atoms with Crippen LogP contribution in [0.4, 0.5) is 0 Å². The first kappa shape index (κ1) is 40.4. The van der Waals surface area contributed by atoms with Crippen molar-refractivity contribution in [3.05, 3.63) is 11.6 Å². The van der Waals surface area contributed by atoms with Crippen molar-refractivity contribution in [2.45, 2.75) is 150 Å². The minimum atomic E-state index is -0.0721. The highest BCUT2D eigenvalue weighted by Gasteiger charge is 2.59. The molecule has 4 aliphatic carbocycles. The number of hydrogen-bond donors (Lipinski definition) is 0. The highest BCUT2D eigenvalue weighted by molar-refractivity contribution is 5.76. The van der Waals surface area contributed by atoms with Gasteiger partial charge in [0.05, 0.1) is 0 Å². The Balaban J connectivity index is 1.22. The topological polar surface area (TPSA) is 53.1 Å². The first-order chi connectivity index (χ1) is 23.2. The van der Waals surface area contributed by atoms with Crippen LogP contribution in [0.5, 0.6) is 0 Å². The van der Waals surface area contributed by atoms with Crippen LogP contribution in [0.3, 0.4) is 0 Å². The van der Waals surface area contributed by atoms with Gasteiger partial charge in [0.15, 0.2) is 0 Å². The molecule has 0 radical (unpaired) electrons. The number of carbonyl (C=O) groups excluding carboxylic acids is 2. The first-order valence-corrected chi connectivity index (χ1v) is 20.7. The van der Waals surface area contributed by atoms with E-state index in [0.29, 0.717) is 18.3 Å². The average molecular weight is 684 g/mol. The Morgan fingerprint density at radius 2 is 1.47 bits per heavy atom. The number of unbranched alkanes of at least 4 members (excludes halogenated alkanes) is 1. The molecule has 0 aromatic rings. The maximum Gasteiger partial charge on any atom is 0.306 e. The Morgan fingerprint density at radius 1 is 0.796 bits per heavy atom. The molecule has 3 saturated carbocycles. The lowest BCUT2D eigenvalue weighted by atomic mass is 9.47. The zero-order valence-corrected chi connectivity index (χ0v) is 33.5. The molecule has 0 heterocycles. The van der Waals surface area contributed by atoms with E-state index in [1.54, 1.807) is 5.57 Å². The van der Waals surface area contributed by atoms with Crippen LogP contribution in [0.2, 0.25) is 0 Å². The van der Waals surface area contributed by atoms with Crippen molar-refractivity contribution >= 4 is 11.9 Å². The minimum absolute atomic E-state index is 0.0188. The van der Waals surface area contributed by atoms with Gasteiger partial charge in [0.2, 0.25) is 5.91 Å². The summed E-state index contributed by atoms with van der Waals surface area (Å²) in [5, 5.41) is 0. The van der Waals surface area contributed by atoms with Gasteiger partial charge in [-0.1, -0.05) is 65.5 Å². The van der Waals surface area contributed by atoms with Crippen LogP contribution in [0.1, 0.15) is 144 Å². The van der Waals surface area contributed by atoms with Crippen molar-refractivity contribution in [1.29, 1.82) is 0 Å². The van der Waals surface area contributed by atoms with Crippen molar-refractivity contribution in [3.8, 4) is 0 Å². The van der Waals surface area contributed by atoms with Gasteiger partial charge in [0.1, 0.15) is 6.10 Å². The molecule has 6 heteroatoms. The van der Waals surface area contributed by atoms with Gasteiger partial charge in [-0.05, 0) is 158 Å². The van der Waals surface area contributed by atoms with E-state index in [1.165, 1.54) is 51.4 Å². The fourth-order valence-electron chi connectivity index (χ4n) is 11.2. The molecule has 1 amide bonds. The summed E-state index contributed by atoms with van der Waals surface area (Å²) < 4.78 is 6.12. The van der Waals surface area contributed by atoms with Crippen molar-refractivity contribution in [3.63, 3.8) is 0 Å². The van der Waals surface area contributed by atoms with Gasteiger partial charge in [0, 0.05) is 32.4 Å². The molecular formula is C43H77N3O3. The van der Waals surface area contributed by atoms with E-state index in [0.717, 1.165) is 107 Å². The van der Waals surface area contributed by atoms with Crippen molar-refractivity contribution in [2.24, 2.45) is 46.3 Å². The quantitative estimate of drug-likeness (QED) is 0.0772. The largest absolute Gasteiger partial charge is 0.462 e. The summed E-state index contributed by atoms with van der Waals surface area (Å²) in [7, 11) is 8.32. The fraction of sp³-hybridized carbons (Fsp3) is 0.907. The third-order valence-corrected chi connectivity index (χ3v) is 14.0. The number of nitrogens with zero attached hydrogens (tertiary/aromatic N) is 3. The molecule has 0 spiro atoms. The van der Waals surface area contributed by atoms with Gasteiger partial charge < -0.3 is 19.4 Å². The molecule has 282 valence electrons. The lowest BCUT2D eigenvalue weighted by Gasteiger charge is -2.58. The molecule has 0 bridgehead atoms. The average Bonchev–Trinajstić information content (AvgIpc) is 3.39. The number of rotatable bonds is 19. The summed E-state index contributed by atoms with van der Waals surface area (Å²) in [6, 6.07) is 0. The lowest BCUT2D eigenvalue weighted by molar-refractivity contribution is -0.151. The normalized spacial score (nSPS) is 31.7. The minimum Gasteiger partial charge on any atom is -0.462 e. The summed E-state index contributed by atoms with van der Waals surface area (Å²) in [5.41, 5.74) is 2.39. The van der Waals surface area contributed by atoms with Crippen LogP contribution < -0.4 is 0 Å². The summed E-state index contributed by atoms with van der Waals surface area (Å²) >= 11 is 0. The number of hydrogen-bond acceptors (Lipinski definition) is 5. The van der Waals surface area contributed by atoms with Crippen LogP contribution in [-0.2, 0) is 14.3 Å². The second-order valence-corrected chi connectivity index (χ2v) is 18.5. The zero-order valence-electron chi connectivity index (χ0n) is 33.5. The van der Waals surface area contributed by atoms with E-state index in [2.05, 4.69) is 78.7 Å². The van der Waals surface area contributed by atoms with Crippen molar-refractivity contribution < 1.29 is 14.3 Å². The second kappa shape index (κ2) is 18.4. The number of esters is 1. The molecule has 4 rings (SSSR count). The van der Waals surface area contributed by atoms with Gasteiger partial charge in [-0.15, -0.1) is 0 Å². The van der Waals surface area contributed by atoms with Gasteiger partial charge in [-0.3, -0.25) is 9.59 Å². The van der Waals surface area contributed by atoms with Gasteiger partial charge in [-0.2, -0.15) is 0 Å². The number of allylic oxidation sites excluding steroid dienone is 1. The lowest BCUT2D eigenvalue weighted by Crippen LogP contribution is -2.51.